The fourth-order valence-electron chi connectivity index (χ4n) is 1.74. The van der Waals surface area contributed by atoms with E-state index in [0.29, 0.717) is 17.9 Å². The molecule has 0 spiro atoms. The Morgan fingerprint density at radius 1 is 1.59 bits per heavy atom. The Labute approximate surface area is 99.6 Å². The molecule has 1 aromatic carbocycles. The number of aliphatic hydroxyl groups excluding tert-OH is 1. The summed E-state index contributed by atoms with van der Waals surface area (Å²) < 4.78 is 5.43. The number of ether oxygens (including phenoxy) is 1. The first-order chi connectivity index (χ1) is 8.10. The standard InChI is InChI=1S/C12H16N2O3/c1-7-12(16)14-10-5-8(4-9(15)6-13)2-3-11(10)17-7/h2-3,5,7,9,15H,4,6,13H2,1H3,(H,14,16). The first kappa shape index (κ1) is 11.9. The van der Waals surface area contributed by atoms with Crippen LogP contribution in [0.25, 0.3) is 0 Å². The highest BCUT2D eigenvalue weighted by molar-refractivity contribution is 5.97. The molecule has 0 bridgehead atoms. The minimum absolute atomic E-state index is 0.158. The lowest BCUT2D eigenvalue weighted by Crippen LogP contribution is -2.34. The number of hydrogen-bond acceptors (Lipinski definition) is 4. The van der Waals surface area contributed by atoms with Crippen molar-refractivity contribution in [2.45, 2.75) is 25.6 Å². The molecule has 4 N–H and O–H groups in total. The normalized spacial score (nSPS) is 20.2. The largest absolute Gasteiger partial charge is 0.479 e. The van der Waals surface area contributed by atoms with E-state index in [2.05, 4.69) is 5.32 Å². The van der Waals surface area contributed by atoms with Gasteiger partial charge in [-0.3, -0.25) is 4.79 Å². The molecular weight excluding hydrogens is 220 g/mol. The summed E-state index contributed by atoms with van der Waals surface area (Å²) in [4.78, 5) is 11.4. The molecule has 17 heavy (non-hydrogen) atoms. The van der Waals surface area contributed by atoms with Crippen LogP contribution in [0.1, 0.15) is 12.5 Å². The van der Waals surface area contributed by atoms with Crippen molar-refractivity contribution < 1.29 is 14.6 Å². The predicted octanol–water partition coefficient (Wildman–Crippen LogP) is 0.268. The first-order valence-corrected chi connectivity index (χ1v) is 5.58. The van der Waals surface area contributed by atoms with Crippen molar-refractivity contribution in [2.75, 3.05) is 11.9 Å². The number of amides is 1. The molecule has 1 aliphatic heterocycles. The zero-order valence-corrected chi connectivity index (χ0v) is 9.64. The minimum atomic E-state index is -0.563. The number of fused-ring (bicyclic) bond motifs is 1. The maximum absolute atomic E-state index is 11.4. The summed E-state index contributed by atoms with van der Waals surface area (Å²) in [5.41, 5.74) is 6.92. The molecule has 1 aromatic rings. The van der Waals surface area contributed by atoms with Gasteiger partial charge in [0.1, 0.15) is 5.75 Å². The predicted molar refractivity (Wildman–Crippen MR) is 63.9 cm³/mol. The van der Waals surface area contributed by atoms with Gasteiger partial charge in [-0.1, -0.05) is 6.07 Å². The Kier molecular flexibility index (Phi) is 3.31. The summed E-state index contributed by atoms with van der Waals surface area (Å²) in [6.07, 6.45) is -0.565. The molecule has 1 heterocycles. The molecule has 2 atom stereocenters. The first-order valence-electron chi connectivity index (χ1n) is 5.58. The van der Waals surface area contributed by atoms with Crippen LogP contribution < -0.4 is 15.8 Å². The third kappa shape index (κ3) is 2.57. The number of anilines is 1. The van der Waals surface area contributed by atoms with Gasteiger partial charge in [-0.2, -0.15) is 0 Å². The summed E-state index contributed by atoms with van der Waals surface area (Å²) in [5, 5.41) is 12.2. The number of benzene rings is 1. The van der Waals surface area contributed by atoms with E-state index in [-0.39, 0.29) is 12.5 Å². The van der Waals surface area contributed by atoms with Gasteiger partial charge in [0.15, 0.2) is 6.10 Å². The van der Waals surface area contributed by atoms with Crippen LogP contribution in [0.3, 0.4) is 0 Å². The lowest BCUT2D eigenvalue weighted by molar-refractivity contribution is -0.122. The number of nitrogens with two attached hydrogens (primary N) is 1. The van der Waals surface area contributed by atoms with Gasteiger partial charge in [0.2, 0.25) is 0 Å². The van der Waals surface area contributed by atoms with Gasteiger partial charge < -0.3 is 20.9 Å². The highest BCUT2D eigenvalue weighted by atomic mass is 16.5. The molecule has 92 valence electrons. The van der Waals surface area contributed by atoms with Gasteiger partial charge in [-0.25, -0.2) is 0 Å². The Morgan fingerprint density at radius 3 is 3.06 bits per heavy atom. The molecule has 5 nitrogen and oxygen atoms in total. The number of aliphatic hydroxyl groups is 1. The zero-order valence-electron chi connectivity index (χ0n) is 9.64. The lowest BCUT2D eigenvalue weighted by atomic mass is 10.1. The second kappa shape index (κ2) is 4.73. The molecule has 0 aromatic heterocycles. The molecule has 1 aliphatic rings. The van der Waals surface area contributed by atoms with Crippen LogP contribution in [-0.4, -0.2) is 29.8 Å². The van der Waals surface area contributed by atoms with Crippen LogP contribution in [0.5, 0.6) is 5.75 Å². The Morgan fingerprint density at radius 2 is 2.35 bits per heavy atom. The quantitative estimate of drug-likeness (QED) is 0.703. The van der Waals surface area contributed by atoms with Gasteiger partial charge >= 0.3 is 0 Å². The number of hydrogen-bond donors (Lipinski definition) is 3. The fraction of sp³-hybridized carbons (Fsp3) is 0.417. The van der Waals surface area contributed by atoms with Crippen molar-refractivity contribution in [1.82, 2.24) is 0 Å². The number of nitrogens with one attached hydrogen (secondary N) is 1. The van der Waals surface area contributed by atoms with Gasteiger partial charge in [0, 0.05) is 6.54 Å². The van der Waals surface area contributed by atoms with E-state index >= 15 is 0 Å². The van der Waals surface area contributed by atoms with Crippen molar-refractivity contribution in [1.29, 1.82) is 0 Å². The summed E-state index contributed by atoms with van der Waals surface area (Å²) in [6, 6.07) is 5.46. The summed E-state index contributed by atoms with van der Waals surface area (Å²) in [6.45, 7) is 1.92. The van der Waals surface area contributed by atoms with E-state index in [1.165, 1.54) is 0 Å². The van der Waals surface area contributed by atoms with E-state index in [1.54, 1.807) is 19.1 Å². The van der Waals surface area contributed by atoms with E-state index in [9.17, 15) is 9.90 Å². The van der Waals surface area contributed by atoms with Crippen LogP contribution >= 0.6 is 0 Å². The monoisotopic (exact) mass is 236 g/mol. The lowest BCUT2D eigenvalue weighted by Gasteiger charge is -2.23. The van der Waals surface area contributed by atoms with Gasteiger partial charge in [0.25, 0.3) is 5.91 Å². The van der Waals surface area contributed by atoms with E-state index in [0.717, 1.165) is 5.56 Å². The Bertz CT molecular complexity index is 434. The third-order valence-corrected chi connectivity index (χ3v) is 2.72. The average molecular weight is 236 g/mol. The van der Waals surface area contributed by atoms with Crippen LogP contribution in [0.2, 0.25) is 0 Å². The smallest absolute Gasteiger partial charge is 0.265 e. The Balaban J connectivity index is 2.19. The second-order valence-electron chi connectivity index (χ2n) is 4.17. The van der Waals surface area contributed by atoms with Crippen molar-refractivity contribution in [3.63, 3.8) is 0 Å². The third-order valence-electron chi connectivity index (χ3n) is 2.72. The molecule has 5 heteroatoms. The maximum atomic E-state index is 11.4. The molecular formula is C12H16N2O3. The van der Waals surface area contributed by atoms with Crippen molar-refractivity contribution in [3.05, 3.63) is 23.8 Å². The molecule has 2 unspecified atom stereocenters. The van der Waals surface area contributed by atoms with Crippen LogP contribution in [-0.2, 0) is 11.2 Å². The average Bonchev–Trinajstić information content (AvgIpc) is 2.31. The molecule has 0 fully saturated rings. The second-order valence-corrected chi connectivity index (χ2v) is 4.17. The fourth-order valence-corrected chi connectivity index (χ4v) is 1.74. The number of carbonyl (C=O) groups excluding carboxylic acids is 1. The minimum Gasteiger partial charge on any atom is -0.479 e. The molecule has 0 saturated carbocycles. The Hall–Kier alpha value is -1.59. The summed E-state index contributed by atoms with van der Waals surface area (Å²) >= 11 is 0. The van der Waals surface area contributed by atoms with Gasteiger partial charge in [-0.15, -0.1) is 0 Å². The number of rotatable bonds is 3. The highest BCUT2D eigenvalue weighted by Gasteiger charge is 2.23. The van der Waals surface area contributed by atoms with Crippen molar-refractivity contribution in [2.24, 2.45) is 5.73 Å². The molecule has 0 radical (unpaired) electrons. The molecule has 0 aliphatic carbocycles. The SMILES string of the molecule is CC1Oc2ccc(CC(O)CN)cc2NC1=O. The molecule has 2 rings (SSSR count). The topological polar surface area (TPSA) is 84.6 Å². The van der Waals surface area contributed by atoms with Crippen molar-refractivity contribution in [3.8, 4) is 5.75 Å². The highest BCUT2D eigenvalue weighted by Crippen LogP contribution is 2.30. The summed E-state index contributed by atoms with van der Waals surface area (Å²) in [5.74, 6) is 0.497. The van der Waals surface area contributed by atoms with E-state index in [1.807, 2.05) is 6.07 Å². The van der Waals surface area contributed by atoms with Crippen molar-refractivity contribution >= 4 is 11.6 Å². The zero-order chi connectivity index (χ0) is 12.4. The van der Waals surface area contributed by atoms with Gasteiger partial charge in [-0.05, 0) is 31.0 Å². The van der Waals surface area contributed by atoms with E-state index < -0.39 is 12.2 Å². The molecule has 1 amide bonds. The molecule has 0 saturated heterocycles. The van der Waals surface area contributed by atoms with Crippen LogP contribution in [0, 0.1) is 0 Å². The maximum Gasteiger partial charge on any atom is 0.265 e. The summed E-state index contributed by atoms with van der Waals surface area (Å²) in [7, 11) is 0. The van der Waals surface area contributed by atoms with E-state index in [4.69, 9.17) is 10.5 Å². The van der Waals surface area contributed by atoms with Crippen LogP contribution in [0.15, 0.2) is 18.2 Å². The van der Waals surface area contributed by atoms with Crippen LogP contribution in [0.4, 0.5) is 5.69 Å². The number of carbonyl (C=O) groups is 1. The van der Waals surface area contributed by atoms with Gasteiger partial charge in [0.05, 0.1) is 11.8 Å².